The number of hydrogen-bond donors (Lipinski definition) is 1. The number of pyridine rings is 1. The van der Waals surface area contributed by atoms with Gasteiger partial charge in [0.05, 0.1) is 6.42 Å². The summed E-state index contributed by atoms with van der Waals surface area (Å²) >= 11 is 0. The molecule has 19 heavy (non-hydrogen) atoms. The van der Waals surface area contributed by atoms with Crippen molar-refractivity contribution in [2.75, 3.05) is 20.6 Å². The molecule has 0 aliphatic rings. The number of likely N-dealkylation sites (N-methyl/N-ethyl adjacent to an activating group) is 1. The number of rotatable bonds is 6. The lowest BCUT2D eigenvalue weighted by Crippen LogP contribution is -2.43. The van der Waals surface area contributed by atoms with Gasteiger partial charge in [-0.25, -0.2) is 0 Å². The average molecular weight is 263 g/mol. The van der Waals surface area contributed by atoms with Crippen molar-refractivity contribution in [2.24, 2.45) is 5.92 Å². The van der Waals surface area contributed by atoms with E-state index in [4.69, 9.17) is 0 Å². The first-order valence-corrected chi connectivity index (χ1v) is 6.74. The van der Waals surface area contributed by atoms with Crippen LogP contribution >= 0.6 is 0 Å². The summed E-state index contributed by atoms with van der Waals surface area (Å²) in [5.41, 5.74) is 1.95. The van der Waals surface area contributed by atoms with Crippen LogP contribution in [0.5, 0.6) is 0 Å². The lowest BCUT2D eigenvalue weighted by Gasteiger charge is -2.28. The lowest BCUT2D eigenvalue weighted by molar-refractivity contribution is -0.120. The number of amides is 1. The molecular formula is C15H25N3O. The van der Waals surface area contributed by atoms with Crippen LogP contribution in [-0.4, -0.2) is 42.5 Å². The summed E-state index contributed by atoms with van der Waals surface area (Å²) in [5.74, 6) is 0.540. The second-order valence-electron chi connectivity index (χ2n) is 5.58. The van der Waals surface area contributed by atoms with Gasteiger partial charge in [0.1, 0.15) is 0 Å². The third kappa shape index (κ3) is 5.39. The fraction of sp³-hybridized carbons (Fsp3) is 0.600. The van der Waals surface area contributed by atoms with Crippen molar-refractivity contribution in [3.8, 4) is 0 Å². The lowest BCUT2D eigenvalue weighted by atomic mass is 10.0. The van der Waals surface area contributed by atoms with Gasteiger partial charge in [-0.15, -0.1) is 0 Å². The Morgan fingerprint density at radius 2 is 2.11 bits per heavy atom. The molecule has 1 amide bonds. The third-order valence-electron chi connectivity index (χ3n) is 3.25. The smallest absolute Gasteiger partial charge is 0.226 e. The zero-order chi connectivity index (χ0) is 14.4. The molecule has 1 aromatic heterocycles. The molecule has 0 radical (unpaired) electrons. The monoisotopic (exact) mass is 263 g/mol. The minimum absolute atomic E-state index is 0.0330. The summed E-state index contributed by atoms with van der Waals surface area (Å²) in [7, 11) is 4.08. The maximum Gasteiger partial charge on any atom is 0.226 e. The highest BCUT2D eigenvalue weighted by Crippen LogP contribution is 2.06. The van der Waals surface area contributed by atoms with E-state index in [0.29, 0.717) is 24.9 Å². The van der Waals surface area contributed by atoms with E-state index in [9.17, 15) is 4.79 Å². The molecule has 1 N–H and O–H groups in total. The van der Waals surface area contributed by atoms with E-state index in [0.717, 1.165) is 11.3 Å². The van der Waals surface area contributed by atoms with Crippen LogP contribution in [0.1, 0.15) is 25.1 Å². The van der Waals surface area contributed by atoms with E-state index in [2.05, 4.69) is 29.0 Å². The van der Waals surface area contributed by atoms with Gasteiger partial charge in [0.25, 0.3) is 0 Å². The van der Waals surface area contributed by atoms with Crippen molar-refractivity contribution in [1.82, 2.24) is 15.2 Å². The molecule has 0 spiro atoms. The molecule has 0 unspecified atom stereocenters. The average Bonchev–Trinajstić information content (AvgIpc) is 2.27. The fourth-order valence-corrected chi connectivity index (χ4v) is 2.16. The van der Waals surface area contributed by atoms with E-state index in [1.54, 1.807) is 6.20 Å². The number of hydrogen-bond acceptors (Lipinski definition) is 3. The quantitative estimate of drug-likeness (QED) is 0.848. The Hall–Kier alpha value is -1.42. The summed E-state index contributed by atoms with van der Waals surface area (Å²) in [6, 6.07) is 4.24. The molecule has 0 saturated heterocycles. The Labute approximate surface area is 116 Å². The minimum Gasteiger partial charge on any atom is -0.354 e. The largest absolute Gasteiger partial charge is 0.354 e. The molecule has 1 atom stereocenters. The van der Waals surface area contributed by atoms with Gasteiger partial charge < -0.3 is 10.2 Å². The number of aromatic nitrogens is 1. The van der Waals surface area contributed by atoms with Crippen molar-refractivity contribution in [1.29, 1.82) is 0 Å². The number of carbonyl (C=O) groups excluding carboxylic acids is 1. The van der Waals surface area contributed by atoms with E-state index in [1.807, 2.05) is 33.2 Å². The Morgan fingerprint density at radius 1 is 1.42 bits per heavy atom. The number of nitrogens with zero attached hydrogens (tertiary/aromatic N) is 2. The summed E-state index contributed by atoms with van der Waals surface area (Å²) in [4.78, 5) is 18.3. The second kappa shape index (κ2) is 7.24. The topological polar surface area (TPSA) is 45.2 Å². The zero-order valence-corrected chi connectivity index (χ0v) is 12.6. The highest BCUT2D eigenvalue weighted by Gasteiger charge is 2.16. The normalized spacial score (nSPS) is 12.8. The van der Waals surface area contributed by atoms with Crippen molar-refractivity contribution >= 4 is 5.91 Å². The standard InChI is InChI=1S/C15H25N3O/c1-11(2)14(18(4)5)10-17-15(19)9-13-8-12(3)6-7-16-13/h6-8,11,14H,9-10H2,1-5H3,(H,17,19)/t14-/m1/s1. The first kappa shape index (κ1) is 15.6. The summed E-state index contributed by atoms with van der Waals surface area (Å²) < 4.78 is 0. The van der Waals surface area contributed by atoms with Crippen molar-refractivity contribution in [3.63, 3.8) is 0 Å². The van der Waals surface area contributed by atoms with Gasteiger partial charge in [0.15, 0.2) is 0 Å². The van der Waals surface area contributed by atoms with Crippen LogP contribution in [-0.2, 0) is 11.2 Å². The molecule has 1 aromatic rings. The number of nitrogens with one attached hydrogen (secondary N) is 1. The second-order valence-corrected chi connectivity index (χ2v) is 5.58. The van der Waals surface area contributed by atoms with E-state index >= 15 is 0 Å². The Kier molecular flexibility index (Phi) is 5.96. The Balaban J connectivity index is 2.47. The molecule has 0 bridgehead atoms. The molecule has 1 heterocycles. The van der Waals surface area contributed by atoms with E-state index < -0.39 is 0 Å². The predicted molar refractivity (Wildman–Crippen MR) is 78.0 cm³/mol. The van der Waals surface area contributed by atoms with Crippen LogP contribution in [0.4, 0.5) is 0 Å². The summed E-state index contributed by atoms with van der Waals surface area (Å²) in [6.45, 7) is 7.01. The van der Waals surface area contributed by atoms with Gasteiger partial charge >= 0.3 is 0 Å². The molecular weight excluding hydrogens is 238 g/mol. The molecule has 0 aliphatic carbocycles. The minimum atomic E-state index is 0.0330. The highest BCUT2D eigenvalue weighted by atomic mass is 16.1. The van der Waals surface area contributed by atoms with Crippen molar-refractivity contribution in [3.05, 3.63) is 29.6 Å². The molecule has 106 valence electrons. The van der Waals surface area contributed by atoms with Crippen LogP contribution in [0, 0.1) is 12.8 Å². The van der Waals surface area contributed by atoms with Crippen LogP contribution in [0.3, 0.4) is 0 Å². The van der Waals surface area contributed by atoms with Crippen LogP contribution in [0.15, 0.2) is 18.3 Å². The molecule has 0 fully saturated rings. The van der Waals surface area contributed by atoms with Crippen molar-refractivity contribution in [2.45, 2.75) is 33.2 Å². The zero-order valence-electron chi connectivity index (χ0n) is 12.6. The summed E-state index contributed by atoms with van der Waals surface area (Å²) in [6.07, 6.45) is 2.09. The predicted octanol–water partition coefficient (Wildman–Crippen LogP) is 1.63. The highest BCUT2D eigenvalue weighted by molar-refractivity contribution is 5.78. The molecule has 0 aromatic carbocycles. The fourth-order valence-electron chi connectivity index (χ4n) is 2.16. The van der Waals surface area contributed by atoms with Gasteiger partial charge in [-0.1, -0.05) is 13.8 Å². The molecule has 1 rings (SSSR count). The van der Waals surface area contributed by atoms with Crippen LogP contribution < -0.4 is 5.32 Å². The van der Waals surface area contributed by atoms with Gasteiger partial charge in [-0.05, 0) is 44.6 Å². The number of aryl methyl sites for hydroxylation is 1. The first-order chi connectivity index (χ1) is 8.90. The molecule has 0 saturated carbocycles. The van der Waals surface area contributed by atoms with Gasteiger partial charge in [0, 0.05) is 24.5 Å². The van der Waals surface area contributed by atoms with Gasteiger partial charge in [-0.3, -0.25) is 9.78 Å². The van der Waals surface area contributed by atoms with Crippen molar-refractivity contribution < 1.29 is 4.79 Å². The number of carbonyl (C=O) groups is 1. The van der Waals surface area contributed by atoms with E-state index in [-0.39, 0.29) is 5.91 Å². The maximum absolute atomic E-state index is 11.9. The Bertz CT molecular complexity index is 408. The van der Waals surface area contributed by atoms with Gasteiger partial charge in [0.2, 0.25) is 5.91 Å². The van der Waals surface area contributed by atoms with Gasteiger partial charge in [-0.2, -0.15) is 0 Å². The third-order valence-corrected chi connectivity index (χ3v) is 3.25. The Morgan fingerprint density at radius 3 is 2.63 bits per heavy atom. The maximum atomic E-state index is 11.9. The molecule has 4 heteroatoms. The first-order valence-electron chi connectivity index (χ1n) is 6.74. The van der Waals surface area contributed by atoms with Crippen LogP contribution in [0.25, 0.3) is 0 Å². The molecule has 4 nitrogen and oxygen atoms in total. The van der Waals surface area contributed by atoms with E-state index in [1.165, 1.54) is 0 Å². The molecule has 0 aliphatic heterocycles. The summed E-state index contributed by atoms with van der Waals surface area (Å²) in [5, 5.41) is 2.99. The van der Waals surface area contributed by atoms with Crippen LogP contribution in [0.2, 0.25) is 0 Å². The SMILES string of the molecule is Cc1ccnc(CC(=O)NC[C@H](C(C)C)N(C)C)c1.